The van der Waals surface area contributed by atoms with Crippen molar-refractivity contribution >= 4 is 14.3 Å². The SMILES string of the molecule is C[C@@H](CCOC(=O)C(C)(C)C)CCC(O)C[C@H]1OC(C)(C)OC[C@@H]1CO[Si](C)(C)C(C)(C)C. The maximum Gasteiger partial charge on any atom is 0.311 e. The number of hydrogen-bond donors (Lipinski definition) is 1. The molecule has 0 spiro atoms. The summed E-state index contributed by atoms with van der Waals surface area (Å²) < 4.78 is 24.0. The van der Waals surface area contributed by atoms with Crippen LogP contribution in [0.15, 0.2) is 0 Å². The van der Waals surface area contributed by atoms with Crippen LogP contribution in [-0.4, -0.2) is 57.2 Å². The normalized spacial score (nSPS) is 23.8. The summed E-state index contributed by atoms with van der Waals surface area (Å²) >= 11 is 0. The summed E-state index contributed by atoms with van der Waals surface area (Å²) in [4.78, 5) is 11.9. The molecule has 0 aromatic rings. The third-order valence-electron chi connectivity index (χ3n) is 7.02. The third kappa shape index (κ3) is 10.8. The zero-order valence-electron chi connectivity index (χ0n) is 23.2. The number of ether oxygens (including phenoxy) is 3. The van der Waals surface area contributed by atoms with Crippen LogP contribution in [0.5, 0.6) is 0 Å². The molecule has 0 aromatic heterocycles. The highest BCUT2D eigenvalue weighted by atomic mass is 28.4. The Bertz CT molecular complexity index is 605. The van der Waals surface area contributed by atoms with Gasteiger partial charge in [-0.25, -0.2) is 0 Å². The summed E-state index contributed by atoms with van der Waals surface area (Å²) in [5.74, 6) is -0.338. The minimum atomic E-state index is -1.87. The van der Waals surface area contributed by atoms with Crippen LogP contribution >= 0.6 is 0 Å². The Morgan fingerprint density at radius 1 is 1.12 bits per heavy atom. The van der Waals surface area contributed by atoms with Gasteiger partial charge in [0.15, 0.2) is 14.1 Å². The minimum absolute atomic E-state index is 0.100. The van der Waals surface area contributed by atoms with E-state index >= 15 is 0 Å². The molecule has 1 aliphatic rings. The van der Waals surface area contributed by atoms with E-state index < -0.39 is 25.6 Å². The van der Waals surface area contributed by atoms with Gasteiger partial charge < -0.3 is 23.7 Å². The molecule has 0 radical (unpaired) electrons. The topological polar surface area (TPSA) is 74.2 Å². The van der Waals surface area contributed by atoms with Crippen LogP contribution in [0.4, 0.5) is 0 Å². The Labute approximate surface area is 204 Å². The van der Waals surface area contributed by atoms with E-state index in [1.807, 2.05) is 34.6 Å². The number of aliphatic hydroxyl groups is 1. The van der Waals surface area contributed by atoms with Gasteiger partial charge in [-0.05, 0) is 77.9 Å². The first-order valence-electron chi connectivity index (χ1n) is 12.6. The van der Waals surface area contributed by atoms with Crippen molar-refractivity contribution in [2.75, 3.05) is 19.8 Å². The number of rotatable bonds is 11. The van der Waals surface area contributed by atoms with Crippen molar-refractivity contribution in [1.29, 1.82) is 0 Å². The van der Waals surface area contributed by atoms with Gasteiger partial charge in [0.1, 0.15) is 0 Å². The van der Waals surface area contributed by atoms with Crippen LogP contribution in [0.3, 0.4) is 0 Å². The first kappa shape index (κ1) is 30.6. The van der Waals surface area contributed by atoms with Crippen molar-refractivity contribution in [2.24, 2.45) is 17.3 Å². The number of carbonyl (C=O) groups is 1. The van der Waals surface area contributed by atoms with Gasteiger partial charge in [-0.15, -0.1) is 0 Å². The first-order valence-corrected chi connectivity index (χ1v) is 15.6. The molecule has 4 atom stereocenters. The van der Waals surface area contributed by atoms with Gasteiger partial charge in [-0.3, -0.25) is 4.79 Å². The Hall–Kier alpha value is -0.473. The molecule has 0 saturated carbocycles. The maximum atomic E-state index is 11.9. The number of aliphatic hydroxyl groups excluding tert-OH is 1. The molecule has 1 rings (SSSR count). The largest absolute Gasteiger partial charge is 0.465 e. The fourth-order valence-corrected chi connectivity index (χ4v) is 4.48. The molecule has 1 unspecified atom stereocenters. The van der Waals surface area contributed by atoms with Gasteiger partial charge in [0, 0.05) is 18.9 Å². The quantitative estimate of drug-likeness (QED) is 0.287. The lowest BCUT2D eigenvalue weighted by Gasteiger charge is -2.44. The van der Waals surface area contributed by atoms with Crippen molar-refractivity contribution in [3.63, 3.8) is 0 Å². The van der Waals surface area contributed by atoms with Crippen LogP contribution in [0.2, 0.25) is 18.1 Å². The Balaban J connectivity index is 2.54. The second-order valence-electron chi connectivity index (χ2n) is 12.9. The zero-order chi connectivity index (χ0) is 25.7. The van der Waals surface area contributed by atoms with Gasteiger partial charge in [0.05, 0.1) is 30.8 Å². The summed E-state index contributed by atoms with van der Waals surface area (Å²) in [5, 5.41) is 10.9. The lowest BCUT2D eigenvalue weighted by atomic mass is 9.92. The molecule has 1 N–H and O–H groups in total. The lowest BCUT2D eigenvalue weighted by molar-refractivity contribution is -0.299. The van der Waals surface area contributed by atoms with Crippen LogP contribution < -0.4 is 0 Å². The van der Waals surface area contributed by atoms with Gasteiger partial charge >= 0.3 is 5.97 Å². The predicted octanol–water partition coefficient (Wildman–Crippen LogP) is 5.92. The van der Waals surface area contributed by atoms with E-state index in [-0.39, 0.29) is 23.0 Å². The van der Waals surface area contributed by atoms with Crippen LogP contribution in [0.25, 0.3) is 0 Å². The number of hydrogen-bond acceptors (Lipinski definition) is 6. The second kappa shape index (κ2) is 12.0. The van der Waals surface area contributed by atoms with E-state index in [9.17, 15) is 9.90 Å². The van der Waals surface area contributed by atoms with E-state index in [2.05, 4.69) is 40.8 Å². The predicted molar refractivity (Wildman–Crippen MR) is 136 cm³/mol. The van der Waals surface area contributed by atoms with Gasteiger partial charge in [-0.1, -0.05) is 27.7 Å². The summed E-state index contributed by atoms with van der Waals surface area (Å²) in [6, 6.07) is 0. The molecular formula is C26H52O6Si. The molecule has 1 fully saturated rings. The van der Waals surface area contributed by atoms with Crippen LogP contribution in [-0.2, 0) is 23.4 Å². The molecular weight excluding hydrogens is 436 g/mol. The molecule has 0 aromatic carbocycles. The van der Waals surface area contributed by atoms with E-state index in [4.69, 9.17) is 18.6 Å². The molecule has 1 aliphatic heterocycles. The summed E-state index contributed by atoms with van der Waals surface area (Å²) in [6.45, 7) is 24.4. The van der Waals surface area contributed by atoms with Crippen molar-refractivity contribution < 1.29 is 28.5 Å². The van der Waals surface area contributed by atoms with Crippen LogP contribution in [0.1, 0.15) is 88.0 Å². The fraction of sp³-hybridized carbons (Fsp3) is 0.962. The smallest absolute Gasteiger partial charge is 0.311 e. The minimum Gasteiger partial charge on any atom is -0.465 e. The maximum absolute atomic E-state index is 11.9. The van der Waals surface area contributed by atoms with Crippen molar-refractivity contribution in [3.8, 4) is 0 Å². The number of carbonyl (C=O) groups excluding carboxylic acids is 1. The second-order valence-corrected chi connectivity index (χ2v) is 17.8. The van der Waals surface area contributed by atoms with Crippen molar-refractivity contribution in [1.82, 2.24) is 0 Å². The van der Waals surface area contributed by atoms with Crippen molar-refractivity contribution in [3.05, 3.63) is 0 Å². The van der Waals surface area contributed by atoms with E-state index in [0.717, 1.165) is 12.8 Å². The van der Waals surface area contributed by atoms with E-state index in [1.54, 1.807) is 0 Å². The molecule has 1 saturated heterocycles. The fourth-order valence-electron chi connectivity index (χ4n) is 3.41. The monoisotopic (exact) mass is 488 g/mol. The molecule has 33 heavy (non-hydrogen) atoms. The molecule has 7 heteroatoms. The average Bonchev–Trinajstić information content (AvgIpc) is 2.63. The Morgan fingerprint density at radius 2 is 1.73 bits per heavy atom. The molecule has 0 amide bonds. The third-order valence-corrected chi connectivity index (χ3v) is 11.5. The van der Waals surface area contributed by atoms with Gasteiger partial charge in [-0.2, -0.15) is 0 Å². The Morgan fingerprint density at radius 3 is 2.27 bits per heavy atom. The highest BCUT2D eigenvalue weighted by Gasteiger charge is 2.41. The summed E-state index contributed by atoms with van der Waals surface area (Å²) in [7, 11) is -1.87. The number of esters is 1. The Kier molecular flexibility index (Phi) is 11.1. The highest BCUT2D eigenvalue weighted by molar-refractivity contribution is 6.74. The summed E-state index contributed by atoms with van der Waals surface area (Å²) in [5.41, 5.74) is -0.470. The van der Waals surface area contributed by atoms with Crippen LogP contribution in [0, 0.1) is 17.3 Å². The first-order chi connectivity index (χ1) is 14.8. The van der Waals surface area contributed by atoms with Crippen molar-refractivity contribution in [2.45, 2.75) is 124 Å². The summed E-state index contributed by atoms with van der Waals surface area (Å²) in [6.07, 6.45) is 2.41. The molecule has 1 heterocycles. The molecule has 196 valence electrons. The van der Waals surface area contributed by atoms with E-state index in [0.29, 0.717) is 38.6 Å². The lowest BCUT2D eigenvalue weighted by Crippen LogP contribution is -2.50. The standard InChI is InChI=1S/C26H52O6Si/c1-19(14-15-29-23(28)24(2,3)4)12-13-21(27)16-22-20(17-30-26(8,9)32-22)18-31-33(10,11)25(5,6)7/h19-22,27H,12-18H2,1-11H3/t19-,20-,21?,22-/m1/s1. The van der Waals surface area contributed by atoms with Gasteiger partial charge in [0.2, 0.25) is 0 Å². The zero-order valence-corrected chi connectivity index (χ0v) is 24.2. The molecule has 6 nitrogen and oxygen atoms in total. The van der Waals surface area contributed by atoms with Gasteiger partial charge in [0.25, 0.3) is 0 Å². The van der Waals surface area contributed by atoms with E-state index in [1.165, 1.54) is 0 Å². The average molecular weight is 489 g/mol. The highest BCUT2D eigenvalue weighted by Crippen LogP contribution is 2.38. The molecule has 0 aliphatic carbocycles. The molecule has 0 bridgehead atoms.